The highest BCUT2D eigenvalue weighted by molar-refractivity contribution is 5.84. The Morgan fingerprint density at radius 3 is 2.57 bits per heavy atom. The van der Waals surface area contributed by atoms with Crippen LogP contribution < -0.4 is 5.32 Å². The molecule has 3 saturated heterocycles. The predicted octanol–water partition coefficient (Wildman–Crippen LogP) is 0.0124. The van der Waals surface area contributed by atoms with Crippen LogP contribution in [0.3, 0.4) is 0 Å². The lowest BCUT2D eigenvalue weighted by atomic mass is 10.1. The maximum Gasteiger partial charge on any atom is 0.243 e. The number of carbonyl (C=O) groups is 1. The summed E-state index contributed by atoms with van der Waals surface area (Å²) in [7, 11) is 3.53. The molecule has 1 amide bonds. The van der Waals surface area contributed by atoms with E-state index in [9.17, 15) is 4.79 Å². The Morgan fingerprint density at radius 1 is 1.13 bits per heavy atom. The average Bonchev–Trinajstić information content (AvgIpc) is 3.29. The van der Waals surface area contributed by atoms with Gasteiger partial charge in [-0.05, 0) is 25.7 Å². The van der Waals surface area contributed by atoms with Gasteiger partial charge in [-0.15, -0.1) is 0 Å². The fourth-order valence-corrected chi connectivity index (χ4v) is 3.96. The van der Waals surface area contributed by atoms with Crippen LogP contribution in [0.15, 0.2) is 4.99 Å². The summed E-state index contributed by atoms with van der Waals surface area (Å²) in [5.41, 5.74) is 0. The van der Waals surface area contributed by atoms with Gasteiger partial charge in [0, 0.05) is 60.0 Å². The number of amides is 1. The molecule has 3 aliphatic heterocycles. The van der Waals surface area contributed by atoms with Gasteiger partial charge in [0.05, 0.1) is 32.0 Å². The Bertz CT molecular complexity index is 540. The first-order valence-electron chi connectivity index (χ1n) is 11.4. The summed E-state index contributed by atoms with van der Waals surface area (Å²) in [6, 6.07) is 0. The molecule has 9 nitrogen and oxygen atoms in total. The van der Waals surface area contributed by atoms with Crippen molar-refractivity contribution in [1.82, 2.24) is 20.0 Å². The molecule has 9 heteroatoms. The lowest BCUT2D eigenvalue weighted by Crippen LogP contribution is -2.49. The smallest absolute Gasteiger partial charge is 0.243 e. The highest BCUT2D eigenvalue weighted by atomic mass is 16.5. The fraction of sp³-hybridized carbons (Fsp3) is 0.905. The van der Waals surface area contributed by atoms with Crippen molar-refractivity contribution in [3.05, 3.63) is 0 Å². The van der Waals surface area contributed by atoms with Crippen LogP contribution in [0.5, 0.6) is 0 Å². The Labute approximate surface area is 180 Å². The van der Waals surface area contributed by atoms with Gasteiger partial charge in [0.15, 0.2) is 5.96 Å². The van der Waals surface area contributed by atoms with E-state index in [1.165, 1.54) is 0 Å². The van der Waals surface area contributed by atoms with Crippen LogP contribution >= 0.6 is 0 Å². The zero-order chi connectivity index (χ0) is 21.2. The standard InChI is InChI=1S/C21H39N5O4/c1-24(2)20(27)16-23-21(22-7-10-25-11-14-28-15-12-25)26-8-5-18(6-9-26)30-17-19-4-3-13-29-19/h18-19H,3-17H2,1-2H3,(H,22,23). The zero-order valence-corrected chi connectivity index (χ0v) is 18.7. The Morgan fingerprint density at radius 2 is 1.90 bits per heavy atom. The molecule has 30 heavy (non-hydrogen) atoms. The number of morpholine rings is 1. The minimum absolute atomic E-state index is 0.0114. The second-order valence-electron chi connectivity index (χ2n) is 8.46. The van der Waals surface area contributed by atoms with Gasteiger partial charge < -0.3 is 29.3 Å². The minimum atomic E-state index is 0.0114. The van der Waals surface area contributed by atoms with Crippen molar-refractivity contribution in [2.24, 2.45) is 4.99 Å². The number of carbonyl (C=O) groups excluding carboxylic acids is 1. The number of ether oxygens (including phenoxy) is 3. The second kappa shape index (κ2) is 12.4. The number of piperidine rings is 1. The Hall–Kier alpha value is -1.42. The van der Waals surface area contributed by atoms with Gasteiger partial charge in [0.25, 0.3) is 0 Å². The first-order chi connectivity index (χ1) is 14.6. The van der Waals surface area contributed by atoms with E-state index < -0.39 is 0 Å². The summed E-state index contributed by atoms with van der Waals surface area (Å²) in [6.07, 6.45) is 4.76. The number of hydrogen-bond donors (Lipinski definition) is 1. The summed E-state index contributed by atoms with van der Waals surface area (Å²) in [4.78, 5) is 22.9. The molecule has 3 aliphatic rings. The number of nitrogens with zero attached hydrogens (tertiary/aromatic N) is 4. The van der Waals surface area contributed by atoms with Crippen molar-refractivity contribution in [3.8, 4) is 0 Å². The number of likely N-dealkylation sites (tertiary alicyclic amines) is 1. The molecule has 3 fully saturated rings. The molecule has 0 spiro atoms. The van der Waals surface area contributed by atoms with Crippen LogP contribution in [-0.2, 0) is 19.0 Å². The number of hydrogen-bond acceptors (Lipinski definition) is 6. The molecule has 1 unspecified atom stereocenters. The number of likely N-dealkylation sites (N-methyl/N-ethyl adjacent to an activating group) is 1. The molecule has 0 radical (unpaired) electrons. The van der Waals surface area contributed by atoms with Crippen molar-refractivity contribution in [2.75, 3.05) is 86.3 Å². The summed E-state index contributed by atoms with van der Waals surface area (Å²) in [5.74, 6) is 0.841. The Balaban J connectivity index is 1.45. The molecular weight excluding hydrogens is 386 g/mol. The number of nitrogens with one attached hydrogen (secondary N) is 1. The SMILES string of the molecule is CN(C)C(=O)CN=C(NCCN1CCOCC1)N1CCC(OCC2CCCO2)CC1. The molecule has 0 bridgehead atoms. The Kier molecular flexibility index (Phi) is 9.64. The first-order valence-corrected chi connectivity index (χ1v) is 11.4. The van der Waals surface area contributed by atoms with Gasteiger partial charge in [0.1, 0.15) is 6.54 Å². The van der Waals surface area contributed by atoms with E-state index in [0.717, 1.165) is 90.7 Å². The van der Waals surface area contributed by atoms with Crippen molar-refractivity contribution in [3.63, 3.8) is 0 Å². The summed E-state index contributed by atoms with van der Waals surface area (Å²) >= 11 is 0. The largest absolute Gasteiger partial charge is 0.379 e. The molecule has 1 atom stereocenters. The molecule has 172 valence electrons. The van der Waals surface area contributed by atoms with E-state index in [-0.39, 0.29) is 24.7 Å². The normalized spacial score (nSPS) is 24.3. The van der Waals surface area contributed by atoms with Crippen molar-refractivity contribution in [2.45, 2.75) is 37.9 Å². The van der Waals surface area contributed by atoms with Crippen LogP contribution in [0.1, 0.15) is 25.7 Å². The van der Waals surface area contributed by atoms with Crippen LogP contribution in [0.2, 0.25) is 0 Å². The fourth-order valence-electron chi connectivity index (χ4n) is 3.96. The van der Waals surface area contributed by atoms with Gasteiger partial charge in [0.2, 0.25) is 5.91 Å². The van der Waals surface area contributed by atoms with E-state index in [0.29, 0.717) is 6.61 Å². The monoisotopic (exact) mass is 425 g/mol. The molecule has 3 rings (SSSR count). The van der Waals surface area contributed by atoms with Crippen LogP contribution in [0.25, 0.3) is 0 Å². The van der Waals surface area contributed by atoms with E-state index >= 15 is 0 Å². The molecule has 0 saturated carbocycles. The third-order valence-electron chi connectivity index (χ3n) is 5.96. The quantitative estimate of drug-likeness (QED) is 0.434. The van der Waals surface area contributed by atoms with E-state index in [1.807, 2.05) is 0 Å². The summed E-state index contributed by atoms with van der Waals surface area (Å²) in [5, 5.41) is 3.48. The van der Waals surface area contributed by atoms with Gasteiger partial charge >= 0.3 is 0 Å². The van der Waals surface area contributed by atoms with Gasteiger partial charge in [-0.25, -0.2) is 4.99 Å². The lowest BCUT2D eigenvalue weighted by molar-refractivity contribution is -0.127. The van der Waals surface area contributed by atoms with Crippen molar-refractivity contribution < 1.29 is 19.0 Å². The van der Waals surface area contributed by atoms with E-state index in [4.69, 9.17) is 14.2 Å². The lowest BCUT2D eigenvalue weighted by Gasteiger charge is -2.35. The van der Waals surface area contributed by atoms with Gasteiger partial charge in [-0.1, -0.05) is 0 Å². The molecular formula is C21H39N5O4. The highest BCUT2D eigenvalue weighted by Crippen LogP contribution is 2.17. The van der Waals surface area contributed by atoms with Gasteiger partial charge in [-0.3, -0.25) is 9.69 Å². The van der Waals surface area contributed by atoms with Crippen molar-refractivity contribution in [1.29, 1.82) is 0 Å². The molecule has 0 aromatic heterocycles. The summed E-state index contributed by atoms with van der Waals surface area (Å²) in [6.45, 7) is 8.83. The summed E-state index contributed by atoms with van der Waals surface area (Å²) < 4.78 is 17.2. The average molecular weight is 426 g/mol. The zero-order valence-electron chi connectivity index (χ0n) is 18.7. The van der Waals surface area contributed by atoms with Crippen LogP contribution in [0.4, 0.5) is 0 Å². The topological polar surface area (TPSA) is 78.9 Å². The first kappa shape index (κ1) is 23.2. The van der Waals surface area contributed by atoms with Crippen LogP contribution in [-0.4, -0.2) is 125 Å². The molecule has 0 aromatic rings. The molecule has 0 aliphatic carbocycles. The maximum atomic E-state index is 12.0. The van der Waals surface area contributed by atoms with Crippen LogP contribution in [0, 0.1) is 0 Å². The number of guanidine groups is 1. The highest BCUT2D eigenvalue weighted by Gasteiger charge is 2.24. The minimum Gasteiger partial charge on any atom is -0.379 e. The second-order valence-corrected chi connectivity index (χ2v) is 8.46. The molecule has 3 heterocycles. The van der Waals surface area contributed by atoms with E-state index in [1.54, 1.807) is 19.0 Å². The van der Waals surface area contributed by atoms with E-state index in [2.05, 4.69) is 20.1 Å². The maximum absolute atomic E-state index is 12.0. The predicted molar refractivity (Wildman–Crippen MR) is 116 cm³/mol. The third kappa shape index (κ3) is 7.68. The van der Waals surface area contributed by atoms with Gasteiger partial charge in [-0.2, -0.15) is 0 Å². The molecule has 1 N–H and O–H groups in total. The van der Waals surface area contributed by atoms with Crippen molar-refractivity contribution >= 4 is 11.9 Å². The molecule has 0 aromatic carbocycles. The number of aliphatic imine (C=N–C) groups is 1. The number of rotatable bonds is 8. The third-order valence-corrected chi connectivity index (χ3v) is 5.96.